The van der Waals surface area contributed by atoms with E-state index in [0.29, 0.717) is 5.92 Å². The van der Waals surface area contributed by atoms with Crippen molar-refractivity contribution >= 4 is 32.8 Å². The van der Waals surface area contributed by atoms with Gasteiger partial charge in [-0.1, -0.05) is 71.0 Å². The number of nitrogens with zero attached hydrogens (tertiary/aromatic N) is 1. The maximum Gasteiger partial charge on any atom is 0.160 e. The minimum atomic E-state index is -0.000107. The number of rotatable bonds is 4. The van der Waals surface area contributed by atoms with Crippen LogP contribution in [0.5, 0.6) is 0 Å². The van der Waals surface area contributed by atoms with Gasteiger partial charge < -0.3 is 8.83 Å². The van der Waals surface area contributed by atoms with Gasteiger partial charge in [-0.3, -0.25) is 0 Å². The Morgan fingerprint density at radius 3 is 2.39 bits per heavy atom. The molecule has 3 nitrogen and oxygen atoms in total. The predicted molar refractivity (Wildman–Crippen MR) is 159 cm³/mol. The molecule has 192 valence electrons. The highest BCUT2D eigenvalue weighted by molar-refractivity contribution is 6.04. The molecule has 0 aliphatic carbocycles. The third kappa shape index (κ3) is 4.01. The van der Waals surface area contributed by atoms with Crippen LogP contribution in [0.2, 0.25) is 0 Å². The van der Waals surface area contributed by atoms with E-state index in [1.807, 2.05) is 6.92 Å². The van der Waals surface area contributed by atoms with Crippen molar-refractivity contribution in [1.29, 1.82) is 0 Å². The van der Waals surface area contributed by atoms with Crippen molar-refractivity contribution in [1.82, 2.24) is 4.98 Å². The molecule has 0 fully saturated rings. The molecule has 0 aliphatic rings. The van der Waals surface area contributed by atoms with Gasteiger partial charge in [-0.05, 0) is 83.3 Å². The standard InChI is InChI=1S/C35H35NO2/c1-20(2)16-24-12-13-27(28-14-15-37-33(24)28)29-19-31(36-32-21(3)22(4)38-34(29)32)25-17-23-10-8-9-11-26(23)30(18-25)35(5,6)7/h8-15,17-20H,16H2,1-7H3. The van der Waals surface area contributed by atoms with Crippen molar-refractivity contribution in [2.24, 2.45) is 5.92 Å². The monoisotopic (exact) mass is 501 g/mol. The Morgan fingerprint density at radius 2 is 1.63 bits per heavy atom. The van der Waals surface area contributed by atoms with Crippen LogP contribution in [0, 0.1) is 19.8 Å². The molecule has 0 saturated carbocycles. The quantitative estimate of drug-likeness (QED) is 0.241. The fourth-order valence-electron chi connectivity index (χ4n) is 5.67. The van der Waals surface area contributed by atoms with Gasteiger partial charge >= 0.3 is 0 Å². The number of aryl methyl sites for hydroxylation is 2. The van der Waals surface area contributed by atoms with Gasteiger partial charge in [0.15, 0.2) is 5.58 Å². The highest BCUT2D eigenvalue weighted by atomic mass is 16.3. The number of fused-ring (bicyclic) bond motifs is 3. The zero-order valence-corrected chi connectivity index (χ0v) is 23.4. The first-order chi connectivity index (χ1) is 18.1. The normalized spacial score (nSPS) is 12.4. The summed E-state index contributed by atoms with van der Waals surface area (Å²) in [4.78, 5) is 5.19. The van der Waals surface area contributed by atoms with E-state index < -0.39 is 0 Å². The highest BCUT2D eigenvalue weighted by Gasteiger charge is 2.22. The van der Waals surface area contributed by atoms with Crippen LogP contribution in [-0.2, 0) is 11.8 Å². The third-order valence-corrected chi connectivity index (χ3v) is 7.69. The van der Waals surface area contributed by atoms with Gasteiger partial charge in [-0.15, -0.1) is 0 Å². The van der Waals surface area contributed by atoms with Gasteiger partial charge in [0, 0.05) is 22.1 Å². The zero-order chi connectivity index (χ0) is 26.8. The summed E-state index contributed by atoms with van der Waals surface area (Å²) in [5.41, 5.74) is 10.6. The minimum Gasteiger partial charge on any atom is -0.464 e. The van der Waals surface area contributed by atoms with E-state index in [1.54, 1.807) is 6.26 Å². The average molecular weight is 502 g/mol. The molecular weight excluding hydrogens is 466 g/mol. The van der Waals surface area contributed by atoms with Crippen molar-refractivity contribution < 1.29 is 8.83 Å². The summed E-state index contributed by atoms with van der Waals surface area (Å²) in [7, 11) is 0. The SMILES string of the molecule is Cc1oc2c(-c3ccc(CC(C)C)c4occc34)cc(-c3cc(C(C)(C)C)c4ccccc4c3)nc2c1C. The van der Waals surface area contributed by atoms with E-state index in [9.17, 15) is 0 Å². The molecule has 0 unspecified atom stereocenters. The van der Waals surface area contributed by atoms with Gasteiger partial charge in [0.2, 0.25) is 0 Å². The van der Waals surface area contributed by atoms with Gasteiger partial charge in [-0.25, -0.2) is 4.98 Å². The minimum absolute atomic E-state index is 0.000107. The van der Waals surface area contributed by atoms with Crippen LogP contribution >= 0.6 is 0 Å². The summed E-state index contributed by atoms with van der Waals surface area (Å²) in [6.07, 6.45) is 2.78. The summed E-state index contributed by atoms with van der Waals surface area (Å²) in [6.45, 7) is 15.4. The van der Waals surface area contributed by atoms with Crippen LogP contribution in [0.15, 0.2) is 75.8 Å². The van der Waals surface area contributed by atoms with Crippen molar-refractivity contribution in [2.75, 3.05) is 0 Å². The van der Waals surface area contributed by atoms with E-state index in [0.717, 1.165) is 62.2 Å². The number of pyridine rings is 1. The lowest BCUT2D eigenvalue weighted by atomic mass is 9.82. The molecule has 0 radical (unpaired) electrons. The molecule has 0 bridgehead atoms. The number of hydrogen-bond acceptors (Lipinski definition) is 3. The van der Waals surface area contributed by atoms with Crippen LogP contribution in [-0.4, -0.2) is 4.98 Å². The second-order valence-corrected chi connectivity index (χ2v) is 12.0. The molecule has 38 heavy (non-hydrogen) atoms. The summed E-state index contributed by atoms with van der Waals surface area (Å²) < 4.78 is 12.4. The lowest BCUT2D eigenvalue weighted by Gasteiger charge is -2.23. The number of benzene rings is 3. The summed E-state index contributed by atoms with van der Waals surface area (Å²) >= 11 is 0. The topological polar surface area (TPSA) is 39.2 Å². The third-order valence-electron chi connectivity index (χ3n) is 7.69. The highest BCUT2D eigenvalue weighted by Crippen LogP contribution is 2.41. The van der Waals surface area contributed by atoms with Crippen molar-refractivity contribution in [3.05, 3.63) is 89.4 Å². The molecule has 0 aliphatic heterocycles. The van der Waals surface area contributed by atoms with Crippen LogP contribution in [0.1, 0.15) is 57.1 Å². The Labute approximate surface area is 224 Å². The second kappa shape index (κ2) is 8.87. The first-order valence-corrected chi connectivity index (χ1v) is 13.6. The van der Waals surface area contributed by atoms with Crippen LogP contribution < -0.4 is 0 Å². The molecule has 0 amide bonds. The van der Waals surface area contributed by atoms with Crippen molar-refractivity contribution in [2.45, 2.75) is 60.3 Å². The van der Waals surface area contributed by atoms with Crippen molar-refractivity contribution in [3.8, 4) is 22.4 Å². The number of aromatic nitrogens is 1. The van der Waals surface area contributed by atoms with Gasteiger partial charge in [0.25, 0.3) is 0 Å². The van der Waals surface area contributed by atoms with Gasteiger partial charge in [0.05, 0.1) is 12.0 Å². The van der Waals surface area contributed by atoms with E-state index in [2.05, 4.69) is 102 Å². The van der Waals surface area contributed by atoms with E-state index in [-0.39, 0.29) is 5.41 Å². The lowest BCUT2D eigenvalue weighted by molar-refractivity contribution is 0.575. The Balaban J connectivity index is 1.65. The molecule has 0 atom stereocenters. The molecule has 0 N–H and O–H groups in total. The van der Waals surface area contributed by atoms with Gasteiger partial charge in [0.1, 0.15) is 16.9 Å². The van der Waals surface area contributed by atoms with Crippen LogP contribution in [0.4, 0.5) is 0 Å². The van der Waals surface area contributed by atoms with Crippen LogP contribution in [0.3, 0.4) is 0 Å². The maximum atomic E-state index is 6.35. The lowest BCUT2D eigenvalue weighted by Crippen LogP contribution is -2.12. The fraction of sp³-hybridized carbons (Fsp3) is 0.286. The molecular formula is C35H35NO2. The Bertz CT molecular complexity index is 1820. The Hall–Kier alpha value is -3.85. The molecule has 6 rings (SSSR count). The Kier molecular flexibility index (Phi) is 5.72. The second-order valence-electron chi connectivity index (χ2n) is 12.0. The molecule has 3 heterocycles. The number of furan rings is 2. The van der Waals surface area contributed by atoms with E-state index in [1.165, 1.54) is 21.9 Å². The summed E-state index contributed by atoms with van der Waals surface area (Å²) in [5.74, 6) is 1.45. The van der Waals surface area contributed by atoms with Crippen LogP contribution in [0.25, 0.3) is 55.2 Å². The first-order valence-electron chi connectivity index (χ1n) is 13.6. The van der Waals surface area contributed by atoms with Crippen molar-refractivity contribution in [3.63, 3.8) is 0 Å². The molecule has 3 heteroatoms. The van der Waals surface area contributed by atoms with E-state index >= 15 is 0 Å². The largest absolute Gasteiger partial charge is 0.464 e. The maximum absolute atomic E-state index is 6.35. The molecule has 0 spiro atoms. The molecule has 3 aromatic heterocycles. The van der Waals surface area contributed by atoms with Gasteiger partial charge in [-0.2, -0.15) is 0 Å². The smallest absolute Gasteiger partial charge is 0.160 e. The summed E-state index contributed by atoms with van der Waals surface area (Å²) in [5, 5.41) is 3.64. The molecule has 0 saturated heterocycles. The zero-order valence-electron chi connectivity index (χ0n) is 23.4. The predicted octanol–water partition coefficient (Wildman–Crippen LogP) is 10.2. The first kappa shape index (κ1) is 24.5. The average Bonchev–Trinajstić information content (AvgIpc) is 3.48. The number of hydrogen-bond donors (Lipinski definition) is 0. The Morgan fingerprint density at radius 1 is 0.842 bits per heavy atom. The van der Waals surface area contributed by atoms with E-state index in [4.69, 9.17) is 13.8 Å². The fourth-order valence-corrected chi connectivity index (χ4v) is 5.67. The molecule has 6 aromatic rings. The molecule has 3 aromatic carbocycles. The summed E-state index contributed by atoms with van der Waals surface area (Å²) in [6, 6.07) is 22.0.